The molecule has 1 aromatic carbocycles. The van der Waals surface area contributed by atoms with Gasteiger partial charge in [0.2, 0.25) is 0 Å². The molecule has 1 aliphatic heterocycles. The van der Waals surface area contributed by atoms with E-state index < -0.39 is 9.84 Å². The molecular weight excluding hydrogens is 274 g/mol. The van der Waals surface area contributed by atoms with Crippen molar-refractivity contribution < 1.29 is 8.42 Å². The summed E-state index contributed by atoms with van der Waals surface area (Å²) in [5.74, 6) is 2.07. The van der Waals surface area contributed by atoms with Crippen molar-refractivity contribution in [3.63, 3.8) is 0 Å². The highest BCUT2D eigenvalue weighted by Gasteiger charge is 2.21. The summed E-state index contributed by atoms with van der Waals surface area (Å²) in [5.41, 5.74) is 1.26. The Kier molecular flexibility index (Phi) is 3.56. The fourth-order valence-corrected chi connectivity index (χ4v) is 3.64. The number of fused-ring (bicyclic) bond motifs is 1. The number of hydrogen-bond acceptors (Lipinski definition) is 4. The van der Waals surface area contributed by atoms with Gasteiger partial charge in [0.05, 0.1) is 11.5 Å². The molecule has 106 valence electrons. The molecule has 1 aromatic heterocycles. The van der Waals surface area contributed by atoms with Crippen LogP contribution in [0.4, 0.5) is 0 Å². The van der Waals surface area contributed by atoms with Crippen molar-refractivity contribution in [1.82, 2.24) is 14.8 Å². The lowest BCUT2D eigenvalue weighted by atomic mass is 10.1. The van der Waals surface area contributed by atoms with Crippen molar-refractivity contribution >= 4 is 9.84 Å². The molecular formula is C14H17N3O2S. The van der Waals surface area contributed by atoms with Crippen LogP contribution in [0.15, 0.2) is 30.3 Å². The van der Waals surface area contributed by atoms with E-state index in [1.54, 1.807) is 0 Å². The van der Waals surface area contributed by atoms with E-state index in [-0.39, 0.29) is 11.5 Å². The first kappa shape index (κ1) is 13.3. The van der Waals surface area contributed by atoms with Gasteiger partial charge in [0, 0.05) is 19.4 Å². The van der Waals surface area contributed by atoms with E-state index in [0.29, 0.717) is 13.0 Å². The summed E-state index contributed by atoms with van der Waals surface area (Å²) in [6, 6.07) is 10.2. The molecule has 2 heterocycles. The molecule has 2 aromatic rings. The predicted molar refractivity (Wildman–Crippen MR) is 76.2 cm³/mol. The summed E-state index contributed by atoms with van der Waals surface area (Å²) < 4.78 is 25.3. The van der Waals surface area contributed by atoms with Gasteiger partial charge >= 0.3 is 0 Å². The number of aromatic nitrogens is 3. The summed E-state index contributed by atoms with van der Waals surface area (Å²) >= 11 is 0. The molecule has 0 unspecified atom stereocenters. The molecule has 6 heteroatoms. The molecule has 0 radical (unpaired) electrons. The van der Waals surface area contributed by atoms with E-state index in [1.165, 1.54) is 5.56 Å². The van der Waals surface area contributed by atoms with E-state index in [9.17, 15) is 8.42 Å². The molecule has 0 saturated heterocycles. The van der Waals surface area contributed by atoms with E-state index in [0.717, 1.165) is 24.5 Å². The molecule has 0 N–H and O–H groups in total. The highest BCUT2D eigenvalue weighted by Crippen LogP contribution is 2.13. The Balaban J connectivity index is 1.75. The number of hydrogen-bond donors (Lipinski definition) is 0. The van der Waals surface area contributed by atoms with Crippen molar-refractivity contribution in [3.8, 4) is 0 Å². The molecule has 0 fully saturated rings. The quantitative estimate of drug-likeness (QED) is 0.847. The van der Waals surface area contributed by atoms with Crippen LogP contribution in [-0.4, -0.2) is 34.7 Å². The fraction of sp³-hybridized carbons (Fsp3) is 0.429. The van der Waals surface area contributed by atoms with Gasteiger partial charge < -0.3 is 4.57 Å². The van der Waals surface area contributed by atoms with Gasteiger partial charge in [0.15, 0.2) is 9.84 Å². The Morgan fingerprint density at radius 3 is 2.65 bits per heavy atom. The van der Waals surface area contributed by atoms with Crippen LogP contribution in [0.25, 0.3) is 0 Å². The number of aryl methyl sites for hydroxylation is 3. The third-order valence-corrected chi connectivity index (χ3v) is 5.28. The number of benzene rings is 1. The maximum atomic E-state index is 11.7. The third-order valence-electron chi connectivity index (χ3n) is 3.65. The Labute approximate surface area is 118 Å². The maximum Gasteiger partial charge on any atom is 0.152 e. The van der Waals surface area contributed by atoms with Crippen molar-refractivity contribution in [2.75, 3.05) is 11.5 Å². The Hall–Kier alpha value is -1.69. The van der Waals surface area contributed by atoms with E-state index >= 15 is 0 Å². The minimum Gasteiger partial charge on any atom is -0.314 e. The summed E-state index contributed by atoms with van der Waals surface area (Å²) in [4.78, 5) is 0. The van der Waals surface area contributed by atoms with Crippen molar-refractivity contribution in [2.24, 2.45) is 0 Å². The highest BCUT2D eigenvalue weighted by molar-refractivity contribution is 7.91. The molecule has 0 atom stereocenters. The summed E-state index contributed by atoms with van der Waals surface area (Å²) in [7, 11) is -2.93. The SMILES string of the molecule is O=S1(=O)CCc2nnc(CCc3ccccc3)n2CC1. The zero-order valence-corrected chi connectivity index (χ0v) is 12.0. The Morgan fingerprint density at radius 2 is 1.85 bits per heavy atom. The fourth-order valence-electron chi connectivity index (χ4n) is 2.48. The Morgan fingerprint density at radius 1 is 1.05 bits per heavy atom. The smallest absolute Gasteiger partial charge is 0.152 e. The Bertz CT molecular complexity index is 692. The zero-order chi connectivity index (χ0) is 14.0. The third kappa shape index (κ3) is 2.90. The molecule has 0 saturated carbocycles. The first-order valence-electron chi connectivity index (χ1n) is 6.79. The second kappa shape index (κ2) is 5.36. The second-order valence-electron chi connectivity index (χ2n) is 5.07. The van der Waals surface area contributed by atoms with E-state index in [1.807, 2.05) is 22.8 Å². The minimum atomic E-state index is -2.93. The van der Waals surface area contributed by atoms with Crippen molar-refractivity contribution in [1.29, 1.82) is 0 Å². The van der Waals surface area contributed by atoms with Crippen LogP contribution in [0.5, 0.6) is 0 Å². The van der Waals surface area contributed by atoms with Gasteiger partial charge in [0.1, 0.15) is 11.6 Å². The summed E-state index contributed by atoms with van der Waals surface area (Å²) in [5, 5.41) is 8.36. The summed E-state index contributed by atoms with van der Waals surface area (Å²) in [6.07, 6.45) is 2.16. The van der Waals surface area contributed by atoms with Gasteiger partial charge in [-0.3, -0.25) is 0 Å². The lowest BCUT2D eigenvalue weighted by Crippen LogP contribution is -2.13. The first-order chi connectivity index (χ1) is 9.64. The van der Waals surface area contributed by atoms with Gasteiger partial charge in [-0.15, -0.1) is 10.2 Å². The number of sulfone groups is 1. The van der Waals surface area contributed by atoms with Crippen LogP contribution in [0.1, 0.15) is 17.2 Å². The molecule has 20 heavy (non-hydrogen) atoms. The molecule has 0 amide bonds. The molecule has 0 bridgehead atoms. The van der Waals surface area contributed by atoms with Gasteiger partial charge in [-0.2, -0.15) is 0 Å². The lowest BCUT2D eigenvalue weighted by molar-refractivity contribution is 0.591. The average molecular weight is 291 g/mol. The van der Waals surface area contributed by atoms with Crippen molar-refractivity contribution in [2.45, 2.75) is 25.8 Å². The molecule has 3 rings (SSSR count). The van der Waals surface area contributed by atoms with Gasteiger partial charge in [-0.25, -0.2) is 8.42 Å². The average Bonchev–Trinajstić information content (AvgIpc) is 2.77. The topological polar surface area (TPSA) is 64.8 Å². The molecule has 5 nitrogen and oxygen atoms in total. The number of nitrogens with zero attached hydrogens (tertiary/aromatic N) is 3. The largest absolute Gasteiger partial charge is 0.314 e. The molecule has 1 aliphatic rings. The van der Waals surface area contributed by atoms with Crippen LogP contribution in [0.2, 0.25) is 0 Å². The lowest BCUT2D eigenvalue weighted by Gasteiger charge is -2.06. The number of rotatable bonds is 3. The second-order valence-corrected chi connectivity index (χ2v) is 7.38. The van der Waals surface area contributed by atoms with Gasteiger partial charge in [-0.05, 0) is 12.0 Å². The van der Waals surface area contributed by atoms with Gasteiger partial charge in [0.25, 0.3) is 0 Å². The predicted octanol–water partition coefficient (Wildman–Crippen LogP) is 1.03. The first-order valence-corrected chi connectivity index (χ1v) is 8.61. The zero-order valence-electron chi connectivity index (χ0n) is 11.2. The van der Waals surface area contributed by atoms with Crippen LogP contribution >= 0.6 is 0 Å². The van der Waals surface area contributed by atoms with Crippen LogP contribution in [0.3, 0.4) is 0 Å². The minimum absolute atomic E-state index is 0.184. The maximum absolute atomic E-state index is 11.7. The van der Waals surface area contributed by atoms with E-state index in [4.69, 9.17) is 0 Å². The van der Waals surface area contributed by atoms with E-state index in [2.05, 4.69) is 22.3 Å². The van der Waals surface area contributed by atoms with Crippen LogP contribution in [0, 0.1) is 0 Å². The molecule has 0 spiro atoms. The summed E-state index contributed by atoms with van der Waals surface area (Å²) in [6.45, 7) is 0.481. The normalized spacial score (nSPS) is 17.4. The van der Waals surface area contributed by atoms with Crippen molar-refractivity contribution in [3.05, 3.63) is 47.5 Å². The van der Waals surface area contributed by atoms with Crippen LogP contribution < -0.4 is 0 Å². The standard InChI is InChI=1S/C14H17N3O2S/c18-20(19)10-8-14-16-15-13(17(14)9-11-20)7-6-12-4-2-1-3-5-12/h1-5H,6-11H2. The van der Waals surface area contributed by atoms with Gasteiger partial charge in [-0.1, -0.05) is 30.3 Å². The molecule has 0 aliphatic carbocycles. The monoisotopic (exact) mass is 291 g/mol. The van der Waals surface area contributed by atoms with Crippen LogP contribution in [-0.2, 0) is 35.6 Å². The highest BCUT2D eigenvalue weighted by atomic mass is 32.2.